The highest BCUT2D eigenvalue weighted by molar-refractivity contribution is 5.77. The number of piperidine rings is 1. The van der Waals surface area contributed by atoms with E-state index < -0.39 is 11.9 Å². The normalized spacial score (nSPS) is 25.2. The molecule has 1 saturated carbocycles. The number of carboxylic acids is 1. The van der Waals surface area contributed by atoms with Crippen molar-refractivity contribution in [2.75, 3.05) is 13.1 Å². The number of hydrogen-bond acceptors (Lipinski definition) is 2. The first-order valence-corrected chi connectivity index (χ1v) is 8.82. The summed E-state index contributed by atoms with van der Waals surface area (Å²) in [5.41, 5.74) is 2.46. The maximum atomic E-state index is 12.5. The molecule has 1 aromatic rings. The SMILES string of the molecule is CC1CC(C(=O)O)CN(C(=O)NC(C)c2cccc(C3CC3)c2)C1. The smallest absolute Gasteiger partial charge is 0.317 e. The Morgan fingerprint density at radius 2 is 2.04 bits per heavy atom. The fourth-order valence-corrected chi connectivity index (χ4v) is 3.56. The molecule has 0 spiro atoms. The van der Waals surface area contributed by atoms with E-state index in [0.717, 1.165) is 5.56 Å². The van der Waals surface area contributed by atoms with E-state index in [0.29, 0.717) is 25.4 Å². The van der Waals surface area contributed by atoms with Crippen molar-refractivity contribution in [2.45, 2.75) is 45.1 Å². The third-order valence-corrected chi connectivity index (χ3v) is 5.10. The molecule has 5 nitrogen and oxygen atoms in total. The van der Waals surface area contributed by atoms with Crippen LogP contribution < -0.4 is 5.32 Å². The number of carboxylic acid groups (broad SMARTS) is 1. The van der Waals surface area contributed by atoms with E-state index in [1.54, 1.807) is 4.90 Å². The summed E-state index contributed by atoms with van der Waals surface area (Å²) in [6.45, 7) is 4.88. The Balaban J connectivity index is 1.63. The zero-order valence-electron chi connectivity index (χ0n) is 14.4. The lowest BCUT2D eigenvalue weighted by Crippen LogP contribution is -2.49. The van der Waals surface area contributed by atoms with Gasteiger partial charge in [-0.1, -0.05) is 31.2 Å². The Labute approximate surface area is 143 Å². The van der Waals surface area contributed by atoms with Crippen molar-refractivity contribution in [3.05, 3.63) is 35.4 Å². The highest BCUT2D eigenvalue weighted by Crippen LogP contribution is 2.40. The lowest BCUT2D eigenvalue weighted by atomic mass is 9.91. The van der Waals surface area contributed by atoms with Crippen molar-refractivity contribution in [3.8, 4) is 0 Å². The van der Waals surface area contributed by atoms with Crippen LogP contribution in [0.15, 0.2) is 24.3 Å². The Morgan fingerprint density at radius 1 is 1.29 bits per heavy atom. The molecular weight excluding hydrogens is 304 g/mol. The Hall–Kier alpha value is -2.04. The monoisotopic (exact) mass is 330 g/mol. The van der Waals surface area contributed by atoms with Crippen LogP contribution in [-0.2, 0) is 4.79 Å². The van der Waals surface area contributed by atoms with Crippen LogP contribution in [0.3, 0.4) is 0 Å². The predicted molar refractivity (Wildman–Crippen MR) is 91.8 cm³/mol. The molecule has 1 heterocycles. The highest BCUT2D eigenvalue weighted by Gasteiger charge is 2.32. The van der Waals surface area contributed by atoms with Gasteiger partial charge in [-0.05, 0) is 49.1 Å². The van der Waals surface area contributed by atoms with Crippen molar-refractivity contribution in [2.24, 2.45) is 11.8 Å². The fourth-order valence-electron chi connectivity index (χ4n) is 3.56. The van der Waals surface area contributed by atoms with Gasteiger partial charge in [0, 0.05) is 13.1 Å². The lowest BCUT2D eigenvalue weighted by molar-refractivity contribution is -0.143. The van der Waals surface area contributed by atoms with Crippen LogP contribution in [0.2, 0.25) is 0 Å². The molecule has 2 amide bonds. The van der Waals surface area contributed by atoms with Crippen molar-refractivity contribution >= 4 is 12.0 Å². The number of urea groups is 1. The summed E-state index contributed by atoms with van der Waals surface area (Å²) >= 11 is 0. The number of nitrogens with one attached hydrogen (secondary N) is 1. The average Bonchev–Trinajstić information content (AvgIpc) is 3.39. The molecule has 0 aromatic heterocycles. The van der Waals surface area contributed by atoms with Crippen molar-refractivity contribution < 1.29 is 14.7 Å². The standard InChI is InChI=1S/C19H26N2O3/c1-12-8-17(18(22)23)11-21(10-12)19(24)20-13(2)15-4-3-5-16(9-15)14-6-7-14/h3-5,9,12-14,17H,6-8,10-11H2,1-2H3,(H,20,24)(H,22,23). The number of aliphatic carboxylic acids is 1. The first-order chi connectivity index (χ1) is 11.4. The van der Waals surface area contributed by atoms with Gasteiger partial charge in [0.25, 0.3) is 0 Å². The third-order valence-electron chi connectivity index (χ3n) is 5.10. The minimum Gasteiger partial charge on any atom is -0.481 e. The van der Waals surface area contributed by atoms with Gasteiger partial charge in [0.2, 0.25) is 0 Å². The summed E-state index contributed by atoms with van der Waals surface area (Å²) in [4.78, 5) is 25.5. The van der Waals surface area contributed by atoms with E-state index in [2.05, 4.69) is 23.5 Å². The quantitative estimate of drug-likeness (QED) is 0.889. The van der Waals surface area contributed by atoms with E-state index in [-0.39, 0.29) is 18.0 Å². The second-order valence-electron chi connectivity index (χ2n) is 7.40. The number of amides is 2. The number of carbonyl (C=O) groups excluding carboxylic acids is 1. The van der Waals surface area contributed by atoms with E-state index in [1.165, 1.54) is 18.4 Å². The van der Waals surface area contributed by atoms with Crippen LogP contribution in [0.4, 0.5) is 4.79 Å². The molecule has 0 bridgehead atoms. The van der Waals surface area contributed by atoms with Crippen molar-refractivity contribution in [1.29, 1.82) is 0 Å². The largest absolute Gasteiger partial charge is 0.481 e. The van der Waals surface area contributed by atoms with Gasteiger partial charge in [-0.2, -0.15) is 0 Å². The second-order valence-corrected chi connectivity index (χ2v) is 7.40. The molecule has 130 valence electrons. The number of nitrogens with zero attached hydrogens (tertiary/aromatic N) is 1. The van der Waals surface area contributed by atoms with Gasteiger partial charge in [0.1, 0.15) is 0 Å². The van der Waals surface area contributed by atoms with E-state index in [1.807, 2.05) is 19.9 Å². The molecule has 1 aliphatic carbocycles. The molecule has 3 rings (SSSR count). The number of likely N-dealkylation sites (tertiary alicyclic amines) is 1. The average molecular weight is 330 g/mol. The zero-order valence-corrected chi connectivity index (χ0v) is 14.4. The Kier molecular flexibility index (Phi) is 4.78. The van der Waals surface area contributed by atoms with Gasteiger partial charge in [-0.15, -0.1) is 0 Å². The summed E-state index contributed by atoms with van der Waals surface area (Å²) in [7, 11) is 0. The van der Waals surface area contributed by atoms with Gasteiger partial charge >= 0.3 is 12.0 Å². The van der Waals surface area contributed by atoms with Crippen LogP contribution in [0.5, 0.6) is 0 Å². The van der Waals surface area contributed by atoms with Crippen LogP contribution in [0, 0.1) is 11.8 Å². The lowest BCUT2D eigenvalue weighted by Gasteiger charge is -2.35. The maximum absolute atomic E-state index is 12.5. The molecule has 0 radical (unpaired) electrons. The molecule has 5 heteroatoms. The molecular formula is C19H26N2O3. The van der Waals surface area contributed by atoms with E-state index >= 15 is 0 Å². The molecule has 2 aliphatic rings. The Morgan fingerprint density at radius 3 is 2.71 bits per heavy atom. The van der Waals surface area contributed by atoms with Crippen LogP contribution in [0.25, 0.3) is 0 Å². The van der Waals surface area contributed by atoms with E-state index in [4.69, 9.17) is 0 Å². The van der Waals surface area contributed by atoms with Gasteiger partial charge in [-0.25, -0.2) is 4.79 Å². The van der Waals surface area contributed by atoms with Crippen molar-refractivity contribution in [3.63, 3.8) is 0 Å². The van der Waals surface area contributed by atoms with Crippen LogP contribution in [0.1, 0.15) is 56.2 Å². The number of benzene rings is 1. The van der Waals surface area contributed by atoms with E-state index in [9.17, 15) is 14.7 Å². The summed E-state index contributed by atoms with van der Waals surface area (Å²) < 4.78 is 0. The van der Waals surface area contributed by atoms with Crippen LogP contribution in [-0.4, -0.2) is 35.1 Å². The van der Waals surface area contributed by atoms with Gasteiger partial charge in [0.15, 0.2) is 0 Å². The second kappa shape index (κ2) is 6.83. The molecule has 1 saturated heterocycles. The van der Waals surface area contributed by atoms with Crippen molar-refractivity contribution in [1.82, 2.24) is 10.2 Å². The van der Waals surface area contributed by atoms with Gasteiger partial charge in [0.05, 0.1) is 12.0 Å². The highest BCUT2D eigenvalue weighted by atomic mass is 16.4. The predicted octanol–water partition coefficient (Wildman–Crippen LogP) is 3.38. The molecule has 1 aromatic carbocycles. The minimum atomic E-state index is -0.815. The van der Waals surface area contributed by atoms with Gasteiger partial charge in [-0.3, -0.25) is 4.79 Å². The third kappa shape index (κ3) is 3.89. The summed E-state index contributed by atoms with van der Waals surface area (Å²) in [6.07, 6.45) is 3.15. The minimum absolute atomic E-state index is 0.0864. The first-order valence-electron chi connectivity index (χ1n) is 8.82. The first kappa shape index (κ1) is 16.8. The molecule has 2 N–H and O–H groups in total. The molecule has 24 heavy (non-hydrogen) atoms. The zero-order chi connectivity index (χ0) is 17.3. The summed E-state index contributed by atoms with van der Waals surface area (Å²) in [5, 5.41) is 12.3. The summed E-state index contributed by atoms with van der Waals surface area (Å²) in [6, 6.07) is 8.17. The van der Waals surface area contributed by atoms with Crippen LogP contribution >= 0.6 is 0 Å². The number of carbonyl (C=O) groups is 2. The molecule has 3 atom stereocenters. The Bertz CT molecular complexity index is 627. The molecule has 2 fully saturated rings. The molecule has 3 unspecified atom stereocenters. The number of rotatable bonds is 4. The summed E-state index contributed by atoms with van der Waals surface area (Å²) in [5.74, 6) is -0.385. The number of hydrogen-bond donors (Lipinski definition) is 2. The molecule has 1 aliphatic heterocycles. The topological polar surface area (TPSA) is 69.6 Å². The fraction of sp³-hybridized carbons (Fsp3) is 0.579. The van der Waals surface area contributed by atoms with Gasteiger partial charge < -0.3 is 15.3 Å². The maximum Gasteiger partial charge on any atom is 0.317 e.